The molecule has 1 unspecified atom stereocenters. The molecule has 0 saturated carbocycles. The number of carbonyl (C=O) groups excluding carboxylic acids is 3. The minimum absolute atomic E-state index is 0.0265. The van der Waals surface area contributed by atoms with Crippen molar-refractivity contribution >= 4 is 23.4 Å². The van der Waals surface area contributed by atoms with E-state index in [1.165, 1.54) is 0 Å². The highest BCUT2D eigenvalue weighted by atomic mass is 16.5. The lowest BCUT2D eigenvalue weighted by molar-refractivity contribution is -0.133. The summed E-state index contributed by atoms with van der Waals surface area (Å²) in [6.07, 6.45) is 3.06. The Kier molecular flexibility index (Phi) is 6.02. The summed E-state index contributed by atoms with van der Waals surface area (Å²) in [5.74, 6) is 1.30. The van der Waals surface area contributed by atoms with Crippen LogP contribution in [0.3, 0.4) is 0 Å². The van der Waals surface area contributed by atoms with Crippen LogP contribution < -0.4 is 9.64 Å². The number of ether oxygens (including phenoxy) is 1. The van der Waals surface area contributed by atoms with E-state index in [-0.39, 0.29) is 24.1 Å². The van der Waals surface area contributed by atoms with Gasteiger partial charge in [-0.2, -0.15) is 0 Å². The van der Waals surface area contributed by atoms with E-state index in [1.807, 2.05) is 60.4 Å². The number of rotatable bonds is 6. The molecule has 5 rings (SSSR count). The van der Waals surface area contributed by atoms with Gasteiger partial charge in [0.15, 0.2) is 0 Å². The van der Waals surface area contributed by atoms with Gasteiger partial charge in [-0.3, -0.25) is 19.3 Å². The number of piperidine rings is 1. The number of benzene rings is 2. The molecule has 2 aromatic rings. The minimum atomic E-state index is -0.718. The SMILES string of the molecule is CC12CCC(=O)N1c1ccccc1C(=O)N2CCC(=O)N1CCC(COc2ccccc2)CC1. The van der Waals surface area contributed by atoms with Crippen molar-refractivity contribution in [2.45, 2.75) is 44.7 Å². The topological polar surface area (TPSA) is 70.2 Å². The molecule has 2 saturated heterocycles. The first kappa shape index (κ1) is 22.4. The van der Waals surface area contributed by atoms with Crippen molar-refractivity contribution in [3.05, 3.63) is 60.2 Å². The summed E-state index contributed by atoms with van der Waals surface area (Å²) in [6.45, 7) is 4.33. The molecule has 0 spiro atoms. The van der Waals surface area contributed by atoms with Crippen molar-refractivity contribution in [2.75, 3.05) is 31.1 Å². The monoisotopic (exact) mass is 461 g/mol. The summed E-state index contributed by atoms with van der Waals surface area (Å²) in [4.78, 5) is 44.4. The number of hydrogen-bond acceptors (Lipinski definition) is 4. The Morgan fingerprint density at radius 3 is 2.50 bits per heavy atom. The third kappa shape index (κ3) is 4.04. The van der Waals surface area contributed by atoms with Crippen molar-refractivity contribution < 1.29 is 19.1 Å². The summed E-state index contributed by atoms with van der Waals surface area (Å²) < 4.78 is 5.89. The zero-order valence-corrected chi connectivity index (χ0v) is 19.6. The third-order valence-electron chi connectivity index (χ3n) is 7.49. The zero-order chi connectivity index (χ0) is 23.7. The van der Waals surface area contributed by atoms with E-state index in [1.54, 1.807) is 15.9 Å². The highest BCUT2D eigenvalue weighted by Gasteiger charge is 2.52. The number of anilines is 1. The molecule has 0 N–H and O–H groups in total. The van der Waals surface area contributed by atoms with E-state index in [4.69, 9.17) is 4.74 Å². The summed E-state index contributed by atoms with van der Waals surface area (Å²) >= 11 is 0. The van der Waals surface area contributed by atoms with Gasteiger partial charge in [0.25, 0.3) is 5.91 Å². The highest BCUT2D eigenvalue weighted by molar-refractivity contribution is 6.10. The predicted molar refractivity (Wildman–Crippen MR) is 128 cm³/mol. The van der Waals surface area contributed by atoms with Gasteiger partial charge in [-0.25, -0.2) is 0 Å². The number of likely N-dealkylation sites (tertiary alicyclic amines) is 1. The largest absolute Gasteiger partial charge is 0.493 e. The van der Waals surface area contributed by atoms with Gasteiger partial charge in [0.1, 0.15) is 11.4 Å². The first-order valence-electron chi connectivity index (χ1n) is 12.2. The number of para-hydroxylation sites is 2. The fourth-order valence-electron chi connectivity index (χ4n) is 5.49. The lowest BCUT2D eigenvalue weighted by Gasteiger charge is -2.48. The first-order chi connectivity index (χ1) is 16.5. The van der Waals surface area contributed by atoms with Crippen molar-refractivity contribution in [3.8, 4) is 5.75 Å². The highest BCUT2D eigenvalue weighted by Crippen LogP contribution is 2.44. The smallest absolute Gasteiger partial charge is 0.257 e. The first-order valence-corrected chi connectivity index (χ1v) is 12.2. The molecular weight excluding hydrogens is 430 g/mol. The number of hydrogen-bond donors (Lipinski definition) is 0. The van der Waals surface area contributed by atoms with E-state index in [9.17, 15) is 14.4 Å². The molecule has 0 radical (unpaired) electrons. The Balaban J connectivity index is 1.18. The van der Waals surface area contributed by atoms with Crippen molar-refractivity contribution in [3.63, 3.8) is 0 Å². The van der Waals surface area contributed by atoms with Crippen LogP contribution in [0.5, 0.6) is 5.75 Å². The van der Waals surface area contributed by atoms with Gasteiger partial charge in [0, 0.05) is 32.5 Å². The fourth-order valence-corrected chi connectivity index (χ4v) is 5.49. The van der Waals surface area contributed by atoms with Crippen LogP contribution >= 0.6 is 0 Å². The molecule has 0 aromatic heterocycles. The maximum atomic E-state index is 13.3. The Morgan fingerprint density at radius 2 is 1.74 bits per heavy atom. The van der Waals surface area contributed by atoms with Crippen LogP contribution in [0.1, 0.15) is 49.4 Å². The Labute approximate surface area is 200 Å². The van der Waals surface area contributed by atoms with Gasteiger partial charge >= 0.3 is 0 Å². The molecule has 7 heteroatoms. The average Bonchev–Trinajstić information content (AvgIpc) is 3.18. The van der Waals surface area contributed by atoms with Crippen LogP contribution in [0, 0.1) is 5.92 Å². The molecule has 3 amide bonds. The van der Waals surface area contributed by atoms with E-state index < -0.39 is 5.66 Å². The van der Waals surface area contributed by atoms with Gasteiger partial charge in [-0.1, -0.05) is 30.3 Å². The lowest BCUT2D eigenvalue weighted by atomic mass is 9.96. The van der Waals surface area contributed by atoms with Crippen LogP contribution in [-0.4, -0.2) is 59.4 Å². The zero-order valence-electron chi connectivity index (χ0n) is 19.6. The summed E-state index contributed by atoms with van der Waals surface area (Å²) in [5, 5.41) is 0. The maximum absolute atomic E-state index is 13.3. The van der Waals surface area contributed by atoms with Gasteiger partial charge < -0.3 is 14.5 Å². The molecule has 7 nitrogen and oxygen atoms in total. The van der Waals surface area contributed by atoms with E-state index in [0.717, 1.165) is 18.6 Å². The predicted octanol–water partition coefficient (Wildman–Crippen LogP) is 3.69. The number of fused-ring (bicyclic) bond motifs is 3. The molecule has 0 bridgehead atoms. The molecule has 34 heavy (non-hydrogen) atoms. The third-order valence-corrected chi connectivity index (χ3v) is 7.49. The second kappa shape index (κ2) is 9.12. The number of nitrogens with zero attached hydrogens (tertiary/aromatic N) is 3. The van der Waals surface area contributed by atoms with Crippen LogP contribution in [-0.2, 0) is 9.59 Å². The van der Waals surface area contributed by atoms with Gasteiger partial charge in [-0.05, 0) is 56.4 Å². The number of amides is 3. The van der Waals surface area contributed by atoms with E-state index in [2.05, 4.69) is 0 Å². The molecule has 178 valence electrons. The van der Waals surface area contributed by atoms with Crippen molar-refractivity contribution in [1.29, 1.82) is 0 Å². The second-order valence-corrected chi connectivity index (χ2v) is 9.62. The Morgan fingerprint density at radius 1 is 1.03 bits per heavy atom. The lowest BCUT2D eigenvalue weighted by Crippen LogP contribution is -2.62. The van der Waals surface area contributed by atoms with Gasteiger partial charge in [-0.15, -0.1) is 0 Å². The van der Waals surface area contributed by atoms with Gasteiger partial charge in [0.05, 0.1) is 17.9 Å². The Bertz CT molecular complexity index is 1080. The van der Waals surface area contributed by atoms with Crippen LogP contribution in [0.4, 0.5) is 5.69 Å². The molecule has 0 aliphatic carbocycles. The molecule has 3 heterocycles. The molecule has 1 atom stereocenters. The van der Waals surface area contributed by atoms with Crippen LogP contribution in [0.15, 0.2) is 54.6 Å². The van der Waals surface area contributed by atoms with Gasteiger partial charge in [0.2, 0.25) is 11.8 Å². The second-order valence-electron chi connectivity index (χ2n) is 9.62. The number of carbonyl (C=O) groups is 3. The summed E-state index contributed by atoms with van der Waals surface area (Å²) in [6, 6.07) is 17.1. The average molecular weight is 462 g/mol. The molecular formula is C27H31N3O4. The molecule has 3 aliphatic rings. The quantitative estimate of drug-likeness (QED) is 0.658. The standard InChI is InChI=1S/C27H31N3O4/c1-27-15-11-25(32)30(27)23-10-6-5-9-22(23)26(33)29(27)18-14-24(31)28-16-12-20(13-17-28)19-34-21-7-3-2-4-8-21/h2-10,20H,11-19H2,1H3. The summed E-state index contributed by atoms with van der Waals surface area (Å²) in [5.41, 5.74) is 0.492. The van der Waals surface area contributed by atoms with Crippen LogP contribution in [0.2, 0.25) is 0 Å². The fraction of sp³-hybridized carbons (Fsp3) is 0.444. The van der Waals surface area contributed by atoms with Crippen molar-refractivity contribution in [2.24, 2.45) is 5.92 Å². The Hall–Kier alpha value is -3.35. The maximum Gasteiger partial charge on any atom is 0.257 e. The van der Waals surface area contributed by atoms with E-state index in [0.29, 0.717) is 56.3 Å². The van der Waals surface area contributed by atoms with E-state index >= 15 is 0 Å². The normalized spacial score (nSPS) is 22.6. The molecule has 3 aliphatic heterocycles. The van der Waals surface area contributed by atoms with Crippen LogP contribution in [0.25, 0.3) is 0 Å². The molecule has 2 fully saturated rings. The van der Waals surface area contributed by atoms with Crippen molar-refractivity contribution in [1.82, 2.24) is 9.80 Å². The summed E-state index contributed by atoms with van der Waals surface area (Å²) in [7, 11) is 0. The minimum Gasteiger partial charge on any atom is -0.493 e. The molecule has 2 aromatic carbocycles.